The topological polar surface area (TPSA) is 67.9 Å². The zero-order valence-electron chi connectivity index (χ0n) is 18.2. The summed E-state index contributed by atoms with van der Waals surface area (Å²) in [6, 6.07) is 2.74. The predicted molar refractivity (Wildman–Crippen MR) is 120 cm³/mol. The number of rotatable bonds is 17. The molecule has 4 unspecified atom stereocenters. The minimum Gasteiger partial charge on any atom is -0.442 e. The Morgan fingerprint density at radius 3 is 2.22 bits per heavy atom. The minimum absolute atomic E-state index is 0.545. The van der Waals surface area contributed by atoms with Crippen molar-refractivity contribution >= 4 is 45.5 Å². The van der Waals surface area contributed by atoms with Gasteiger partial charge in [0, 0.05) is 27.4 Å². The first kappa shape index (κ1) is 25.8. The standard InChI is InChI=1S/C15H40O7Si5/c1-16-27(17-2,18-3)13-12-26(7,20-23-4)22-25(6)21-24(5)11-9-8-10-15-14-19-15/h15,24-25H,8-14,23H2,1-7H3. The SMILES string of the molecule is CO[Si](CC[Si](C)(O[SiH2]C)O[SiH](C)O[SiH](C)CCCCC1CO1)(OC)OC. The van der Waals surface area contributed by atoms with E-state index in [1.807, 2.05) is 0 Å². The molecule has 0 aromatic carbocycles. The summed E-state index contributed by atoms with van der Waals surface area (Å²) in [5.74, 6) is 0. The van der Waals surface area contributed by atoms with Gasteiger partial charge in [0.05, 0.1) is 12.7 Å². The second kappa shape index (κ2) is 13.2. The summed E-state index contributed by atoms with van der Waals surface area (Å²) in [4.78, 5) is 0. The van der Waals surface area contributed by atoms with E-state index >= 15 is 0 Å². The lowest BCUT2D eigenvalue weighted by Gasteiger charge is -2.33. The van der Waals surface area contributed by atoms with Crippen molar-refractivity contribution in [2.45, 2.75) is 69.7 Å². The number of hydrogen-bond acceptors (Lipinski definition) is 7. The zero-order valence-corrected chi connectivity index (χ0v) is 24.0. The summed E-state index contributed by atoms with van der Waals surface area (Å²) in [5, 5.41) is 0. The van der Waals surface area contributed by atoms with Crippen molar-refractivity contribution in [1.82, 2.24) is 0 Å². The Bertz CT molecular complexity index is 392. The maximum atomic E-state index is 6.47. The Balaban J connectivity index is 2.42. The zero-order chi connectivity index (χ0) is 20.3. The first-order valence-electron chi connectivity index (χ1n) is 10.1. The summed E-state index contributed by atoms with van der Waals surface area (Å²) < 4.78 is 40.9. The van der Waals surface area contributed by atoms with Gasteiger partial charge in [-0.05, 0) is 38.2 Å². The lowest BCUT2D eigenvalue weighted by molar-refractivity contribution is 0.124. The van der Waals surface area contributed by atoms with Gasteiger partial charge in [-0.1, -0.05) is 19.4 Å². The Morgan fingerprint density at radius 2 is 1.70 bits per heavy atom. The fourth-order valence-electron chi connectivity index (χ4n) is 3.22. The van der Waals surface area contributed by atoms with Crippen LogP contribution in [0.3, 0.4) is 0 Å². The number of unbranched alkanes of at least 4 members (excludes halogenated alkanes) is 1. The number of epoxide rings is 1. The van der Waals surface area contributed by atoms with Gasteiger partial charge in [0.1, 0.15) is 9.76 Å². The van der Waals surface area contributed by atoms with E-state index in [2.05, 4.69) is 26.2 Å². The molecule has 1 aliphatic rings. The van der Waals surface area contributed by atoms with Crippen LogP contribution in [0, 0.1) is 0 Å². The second-order valence-corrected chi connectivity index (χ2v) is 20.2. The highest BCUT2D eigenvalue weighted by Gasteiger charge is 2.43. The third-order valence-corrected chi connectivity index (χ3v) is 20.8. The quantitative estimate of drug-likeness (QED) is 0.182. The second-order valence-electron chi connectivity index (χ2n) is 7.23. The normalized spacial score (nSPS) is 22.1. The van der Waals surface area contributed by atoms with Crippen LogP contribution in [0.25, 0.3) is 0 Å². The third kappa shape index (κ3) is 10.4. The molecular weight excluding hydrogens is 433 g/mol. The lowest BCUT2D eigenvalue weighted by atomic mass is 10.2. The first-order valence-corrected chi connectivity index (χ1v) is 21.0. The highest BCUT2D eigenvalue weighted by molar-refractivity contribution is 6.78. The van der Waals surface area contributed by atoms with Crippen molar-refractivity contribution < 1.29 is 30.4 Å². The van der Waals surface area contributed by atoms with Gasteiger partial charge in [-0.15, -0.1) is 0 Å². The van der Waals surface area contributed by atoms with E-state index in [0.29, 0.717) is 12.1 Å². The van der Waals surface area contributed by atoms with Crippen LogP contribution in [-0.4, -0.2) is 79.5 Å². The molecule has 0 aromatic rings. The van der Waals surface area contributed by atoms with Gasteiger partial charge in [-0.3, -0.25) is 0 Å². The van der Waals surface area contributed by atoms with Crippen LogP contribution in [0.2, 0.25) is 44.3 Å². The van der Waals surface area contributed by atoms with Crippen LogP contribution < -0.4 is 0 Å². The molecule has 1 fully saturated rings. The van der Waals surface area contributed by atoms with Gasteiger partial charge < -0.3 is 30.4 Å². The molecule has 4 atom stereocenters. The fraction of sp³-hybridized carbons (Fsp3) is 1.00. The highest BCUT2D eigenvalue weighted by atomic mass is 28.5. The van der Waals surface area contributed by atoms with Crippen molar-refractivity contribution in [3.8, 4) is 0 Å². The van der Waals surface area contributed by atoms with Crippen LogP contribution in [0.1, 0.15) is 19.3 Å². The molecule has 0 aliphatic carbocycles. The molecule has 0 saturated carbocycles. The average molecular weight is 473 g/mol. The molecule has 0 N–H and O–H groups in total. The summed E-state index contributed by atoms with van der Waals surface area (Å²) in [5.41, 5.74) is 0. The molecule has 1 heterocycles. The van der Waals surface area contributed by atoms with Crippen molar-refractivity contribution in [3.05, 3.63) is 0 Å². The minimum atomic E-state index is -2.60. The molecule has 0 radical (unpaired) electrons. The summed E-state index contributed by atoms with van der Waals surface area (Å²) in [7, 11) is -3.37. The van der Waals surface area contributed by atoms with E-state index in [4.69, 9.17) is 30.4 Å². The molecule has 1 saturated heterocycles. The van der Waals surface area contributed by atoms with E-state index in [1.54, 1.807) is 21.3 Å². The largest absolute Gasteiger partial charge is 0.500 e. The molecule has 162 valence electrons. The number of ether oxygens (including phenoxy) is 1. The first-order chi connectivity index (χ1) is 12.8. The molecule has 12 heteroatoms. The van der Waals surface area contributed by atoms with E-state index < -0.39 is 45.5 Å². The average Bonchev–Trinajstić information content (AvgIpc) is 3.45. The molecule has 0 aromatic heterocycles. The van der Waals surface area contributed by atoms with E-state index in [0.717, 1.165) is 12.7 Å². The van der Waals surface area contributed by atoms with Gasteiger partial charge in [-0.2, -0.15) is 0 Å². The molecule has 0 spiro atoms. The number of hydrogen-bond donors (Lipinski definition) is 0. The van der Waals surface area contributed by atoms with Crippen LogP contribution in [0.5, 0.6) is 0 Å². The van der Waals surface area contributed by atoms with Gasteiger partial charge in [0.25, 0.3) is 9.28 Å². The lowest BCUT2D eigenvalue weighted by Crippen LogP contribution is -2.49. The van der Waals surface area contributed by atoms with E-state index in [1.165, 1.54) is 25.3 Å². The highest BCUT2D eigenvalue weighted by Crippen LogP contribution is 2.25. The molecule has 1 aliphatic heterocycles. The monoisotopic (exact) mass is 472 g/mol. The van der Waals surface area contributed by atoms with Gasteiger partial charge >= 0.3 is 17.4 Å². The van der Waals surface area contributed by atoms with Gasteiger partial charge in [0.2, 0.25) is 0 Å². The maximum absolute atomic E-state index is 6.47. The van der Waals surface area contributed by atoms with Crippen LogP contribution in [0.15, 0.2) is 0 Å². The van der Waals surface area contributed by atoms with Gasteiger partial charge in [0.15, 0.2) is 9.04 Å². The predicted octanol–water partition coefficient (Wildman–Crippen LogP) is 1.89. The van der Waals surface area contributed by atoms with Crippen LogP contribution in [-0.2, 0) is 30.4 Å². The molecule has 1 rings (SSSR count). The Kier molecular flexibility index (Phi) is 12.6. The van der Waals surface area contributed by atoms with Crippen molar-refractivity contribution in [1.29, 1.82) is 0 Å². The van der Waals surface area contributed by atoms with Crippen molar-refractivity contribution in [2.75, 3.05) is 27.9 Å². The Labute approximate surface area is 173 Å². The Hall–Kier alpha value is 0.804. The van der Waals surface area contributed by atoms with Gasteiger partial charge in [-0.25, -0.2) is 0 Å². The molecule has 27 heavy (non-hydrogen) atoms. The van der Waals surface area contributed by atoms with Crippen LogP contribution in [0.4, 0.5) is 0 Å². The van der Waals surface area contributed by atoms with E-state index in [-0.39, 0.29) is 0 Å². The summed E-state index contributed by atoms with van der Waals surface area (Å²) >= 11 is 0. The van der Waals surface area contributed by atoms with Crippen molar-refractivity contribution in [3.63, 3.8) is 0 Å². The van der Waals surface area contributed by atoms with E-state index in [9.17, 15) is 0 Å². The molecule has 0 amide bonds. The molecule has 0 bridgehead atoms. The maximum Gasteiger partial charge on any atom is 0.500 e. The molecule has 7 nitrogen and oxygen atoms in total. The van der Waals surface area contributed by atoms with Crippen molar-refractivity contribution in [2.24, 2.45) is 0 Å². The summed E-state index contributed by atoms with van der Waals surface area (Å²) in [6.45, 7) is 9.69. The smallest absolute Gasteiger partial charge is 0.442 e. The third-order valence-electron chi connectivity index (χ3n) is 4.90. The van der Waals surface area contributed by atoms with Crippen LogP contribution >= 0.6 is 0 Å². The Morgan fingerprint density at radius 1 is 1.07 bits per heavy atom. The fourth-order valence-corrected chi connectivity index (χ4v) is 19.3. The summed E-state index contributed by atoms with van der Waals surface area (Å²) in [6.07, 6.45) is 4.24. The molecular formula is C15H40O7Si5.